The average Bonchev–Trinajstić information content (AvgIpc) is 3.03. The van der Waals surface area contributed by atoms with Crippen LogP contribution in [0.3, 0.4) is 0 Å². The van der Waals surface area contributed by atoms with Crippen LogP contribution >= 0.6 is 0 Å². The molecule has 0 spiro atoms. The summed E-state index contributed by atoms with van der Waals surface area (Å²) in [7, 11) is 0. The lowest BCUT2D eigenvalue weighted by Gasteiger charge is -2.36. The van der Waals surface area contributed by atoms with Crippen LogP contribution in [0, 0.1) is 0 Å². The second-order valence-corrected chi connectivity index (χ2v) is 6.76. The van der Waals surface area contributed by atoms with Gasteiger partial charge in [0.05, 0.1) is 0 Å². The molecule has 0 saturated carbocycles. The first kappa shape index (κ1) is 16.5. The average molecular weight is 329 g/mol. The quantitative estimate of drug-likeness (QED) is 0.901. The number of fused-ring (bicyclic) bond motifs is 1. The SMILES string of the molecule is CC(C)NC(=O)c1ccc(CN2CC(=O)N3CCC[C@H]3C2=O)cc1. The molecule has 0 unspecified atom stereocenters. The summed E-state index contributed by atoms with van der Waals surface area (Å²) in [5.41, 5.74) is 1.51. The van der Waals surface area contributed by atoms with Gasteiger partial charge in [-0.1, -0.05) is 12.1 Å². The van der Waals surface area contributed by atoms with E-state index in [0.29, 0.717) is 18.7 Å². The van der Waals surface area contributed by atoms with Crippen LogP contribution in [0.1, 0.15) is 42.6 Å². The maximum atomic E-state index is 12.5. The van der Waals surface area contributed by atoms with Crippen molar-refractivity contribution in [2.45, 2.75) is 45.3 Å². The number of piperazine rings is 1. The predicted molar refractivity (Wildman–Crippen MR) is 89.2 cm³/mol. The zero-order chi connectivity index (χ0) is 17.3. The fourth-order valence-corrected chi connectivity index (χ4v) is 3.33. The number of amides is 3. The molecule has 128 valence electrons. The van der Waals surface area contributed by atoms with Crippen LogP contribution < -0.4 is 5.32 Å². The van der Waals surface area contributed by atoms with Gasteiger partial charge in [0.2, 0.25) is 11.8 Å². The smallest absolute Gasteiger partial charge is 0.251 e. The molecule has 2 heterocycles. The second-order valence-electron chi connectivity index (χ2n) is 6.76. The van der Waals surface area contributed by atoms with E-state index in [9.17, 15) is 14.4 Å². The number of hydrogen-bond donors (Lipinski definition) is 1. The highest BCUT2D eigenvalue weighted by atomic mass is 16.2. The summed E-state index contributed by atoms with van der Waals surface area (Å²) >= 11 is 0. The summed E-state index contributed by atoms with van der Waals surface area (Å²) in [6, 6.07) is 7.00. The second kappa shape index (κ2) is 6.63. The van der Waals surface area contributed by atoms with Gasteiger partial charge in [0.25, 0.3) is 5.91 Å². The number of nitrogens with zero attached hydrogens (tertiary/aromatic N) is 2. The molecule has 2 aliphatic rings. The van der Waals surface area contributed by atoms with Gasteiger partial charge in [0.15, 0.2) is 0 Å². The van der Waals surface area contributed by atoms with Crippen LogP contribution in [0.25, 0.3) is 0 Å². The minimum atomic E-state index is -0.276. The monoisotopic (exact) mass is 329 g/mol. The Morgan fingerprint density at radius 2 is 1.96 bits per heavy atom. The maximum Gasteiger partial charge on any atom is 0.251 e. The molecule has 2 saturated heterocycles. The molecule has 1 aromatic carbocycles. The molecule has 0 aliphatic carbocycles. The van der Waals surface area contributed by atoms with E-state index in [1.165, 1.54) is 0 Å². The number of hydrogen-bond acceptors (Lipinski definition) is 3. The first-order chi connectivity index (χ1) is 11.5. The number of benzene rings is 1. The highest BCUT2D eigenvalue weighted by molar-refractivity contribution is 5.95. The van der Waals surface area contributed by atoms with Crippen LogP contribution in [0.4, 0.5) is 0 Å². The van der Waals surface area contributed by atoms with E-state index in [4.69, 9.17) is 0 Å². The minimum absolute atomic E-state index is 0.0324. The third kappa shape index (κ3) is 3.27. The molecule has 0 bridgehead atoms. The Morgan fingerprint density at radius 3 is 2.62 bits per heavy atom. The first-order valence-corrected chi connectivity index (χ1v) is 8.44. The van der Waals surface area contributed by atoms with Crippen LogP contribution in [0.15, 0.2) is 24.3 Å². The van der Waals surface area contributed by atoms with Crippen molar-refractivity contribution in [3.05, 3.63) is 35.4 Å². The summed E-state index contributed by atoms with van der Waals surface area (Å²) in [5.74, 6) is -0.0406. The fourth-order valence-electron chi connectivity index (χ4n) is 3.33. The molecular weight excluding hydrogens is 306 g/mol. The van der Waals surface area contributed by atoms with Gasteiger partial charge in [-0.25, -0.2) is 0 Å². The summed E-state index contributed by atoms with van der Waals surface area (Å²) < 4.78 is 0. The lowest BCUT2D eigenvalue weighted by molar-refractivity contribution is -0.154. The molecular formula is C18H23N3O3. The van der Waals surface area contributed by atoms with E-state index in [1.54, 1.807) is 21.9 Å². The topological polar surface area (TPSA) is 69.7 Å². The lowest BCUT2D eigenvalue weighted by Crippen LogP contribution is -2.56. The van der Waals surface area contributed by atoms with E-state index in [0.717, 1.165) is 18.4 Å². The zero-order valence-electron chi connectivity index (χ0n) is 14.1. The van der Waals surface area contributed by atoms with Gasteiger partial charge in [-0.2, -0.15) is 0 Å². The van der Waals surface area contributed by atoms with E-state index < -0.39 is 0 Å². The van der Waals surface area contributed by atoms with Crippen LogP contribution in [0.2, 0.25) is 0 Å². The standard InChI is InChI=1S/C18H23N3O3/c1-12(2)19-17(23)14-7-5-13(6-8-14)10-20-11-16(22)21-9-3-4-15(21)18(20)24/h5-8,12,15H,3-4,9-11H2,1-2H3,(H,19,23)/t15-/m0/s1. The first-order valence-electron chi connectivity index (χ1n) is 8.44. The molecule has 2 aliphatic heterocycles. The van der Waals surface area contributed by atoms with Crippen molar-refractivity contribution in [1.82, 2.24) is 15.1 Å². The predicted octanol–water partition coefficient (Wildman–Crippen LogP) is 1.16. The molecule has 1 aromatic rings. The van der Waals surface area contributed by atoms with Gasteiger partial charge >= 0.3 is 0 Å². The van der Waals surface area contributed by atoms with Crippen molar-refractivity contribution in [3.63, 3.8) is 0 Å². The summed E-state index contributed by atoms with van der Waals surface area (Å²) in [5, 5.41) is 2.84. The lowest BCUT2D eigenvalue weighted by atomic mass is 10.1. The van der Waals surface area contributed by atoms with Crippen LogP contribution in [-0.4, -0.2) is 52.7 Å². The van der Waals surface area contributed by atoms with Crippen LogP contribution in [0.5, 0.6) is 0 Å². The van der Waals surface area contributed by atoms with Crippen molar-refractivity contribution in [2.75, 3.05) is 13.1 Å². The number of rotatable bonds is 4. The normalized spacial score (nSPS) is 20.5. The number of carbonyl (C=O) groups excluding carboxylic acids is 3. The third-order valence-corrected chi connectivity index (χ3v) is 4.51. The Labute approximate surface area is 141 Å². The molecule has 1 N–H and O–H groups in total. The van der Waals surface area contributed by atoms with Crippen molar-refractivity contribution in [3.8, 4) is 0 Å². The molecule has 6 heteroatoms. The molecule has 0 aromatic heterocycles. The summed E-state index contributed by atoms with van der Waals surface area (Å²) in [4.78, 5) is 39.9. The van der Waals surface area contributed by atoms with Gasteiger partial charge in [-0.3, -0.25) is 14.4 Å². The van der Waals surface area contributed by atoms with Gasteiger partial charge in [-0.15, -0.1) is 0 Å². The molecule has 3 amide bonds. The van der Waals surface area contributed by atoms with Crippen molar-refractivity contribution < 1.29 is 14.4 Å². The maximum absolute atomic E-state index is 12.5. The molecule has 3 rings (SSSR count). The third-order valence-electron chi connectivity index (χ3n) is 4.51. The van der Waals surface area contributed by atoms with Crippen molar-refractivity contribution in [2.24, 2.45) is 0 Å². The largest absolute Gasteiger partial charge is 0.350 e. The summed E-state index contributed by atoms with van der Waals surface area (Å²) in [6.45, 7) is 5.07. The van der Waals surface area contributed by atoms with Crippen LogP contribution in [-0.2, 0) is 16.1 Å². The van der Waals surface area contributed by atoms with Gasteiger partial charge in [0.1, 0.15) is 12.6 Å². The Hall–Kier alpha value is -2.37. The Balaban J connectivity index is 1.66. The van der Waals surface area contributed by atoms with E-state index in [2.05, 4.69) is 5.32 Å². The molecule has 0 radical (unpaired) electrons. The molecule has 6 nitrogen and oxygen atoms in total. The Morgan fingerprint density at radius 1 is 1.25 bits per heavy atom. The van der Waals surface area contributed by atoms with E-state index in [-0.39, 0.29) is 36.3 Å². The Bertz CT molecular complexity index is 654. The zero-order valence-corrected chi connectivity index (χ0v) is 14.1. The van der Waals surface area contributed by atoms with Gasteiger partial charge < -0.3 is 15.1 Å². The van der Waals surface area contributed by atoms with Gasteiger partial charge in [0, 0.05) is 24.7 Å². The van der Waals surface area contributed by atoms with E-state index >= 15 is 0 Å². The summed E-state index contributed by atoms with van der Waals surface area (Å²) in [6.07, 6.45) is 1.66. The highest BCUT2D eigenvalue weighted by Gasteiger charge is 2.41. The van der Waals surface area contributed by atoms with E-state index in [1.807, 2.05) is 26.0 Å². The van der Waals surface area contributed by atoms with Gasteiger partial charge in [-0.05, 0) is 44.4 Å². The number of carbonyl (C=O) groups is 3. The molecule has 24 heavy (non-hydrogen) atoms. The Kier molecular flexibility index (Phi) is 4.55. The highest BCUT2D eigenvalue weighted by Crippen LogP contribution is 2.24. The van der Waals surface area contributed by atoms with Crippen molar-refractivity contribution in [1.29, 1.82) is 0 Å². The number of nitrogens with one attached hydrogen (secondary N) is 1. The minimum Gasteiger partial charge on any atom is -0.350 e. The molecule has 1 atom stereocenters. The van der Waals surface area contributed by atoms with Crippen molar-refractivity contribution >= 4 is 17.7 Å². The molecule has 2 fully saturated rings. The fraction of sp³-hybridized carbons (Fsp3) is 0.500.